The molecule has 9 nitrogen and oxygen atoms in total. The number of phenols is 1. The Kier molecular flexibility index (Phi) is 7.93. The zero-order valence-electron chi connectivity index (χ0n) is 20.8. The first-order valence-corrected chi connectivity index (χ1v) is 13.1. The quantitative estimate of drug-likeness (QED) is 0.314. The maximum absolute atomic E-state index is 13.8. The van der Waals surface area contributed by atoms with Gasteiger partial charge in [-0.15, -0.1) is 0 Å². The molecule has 0 amide bonds. The second kappa shape index (κ2) is 11.0. The van der Waals surface area contributed by atoms with Crippen LogP contribution < -0.4 is 29.1 Å². The van der Waals surface area contributed by atoms with E-state index >= 15 is 0 Å². The van der Waals surface area contributed by atoms with Crippen LogP contribution in [0.5, 0.6) is 23.0 Å². The van der Waals surface area contributed by atoms with Crippen LogP contribution in [0.25, 0.3) is 6.08 Å². The van der Waals surface area contributed by atoms with Crippen molar-refractivity contribution in [1.82, 2.24) is 4.57 Å². The van der Waals surface area contributed by atoms with E-state index in [1.54, 1.807) is 50.3 Å². The van der Waals surface area contributed by atoms with Gasteiger partial charge in [0.15, 0.2) is 16.3 Å². The van der Waals surface area contributed by atoms with Crippen molar-refractivity contribution in [2.75, 3.05) is 27.9 Å². The van der Waals surface area contributed by atoms with Crippen molar-refractivity contribution >= 4 is 46.0 Å². The Morgan fingerprint density at radius 3 is 2.54 bits per heavy atom. The van der Waals surface area contributed by atoms with Crippen molar-refractivity contribution < 1.29 is 28.8 Å². The second-order valence-corrected chi connectivity index (χ2v) is 10.1. The minimum absolute atomic E-state index is 0.0292. The molecule has 0 aliphatic carbocycles. The van der Waals surface area contributed by atoms with E-state index in [1.807, 2.05) is 22.6 Å². The summed E-state index contributed by atoms with van der Waals surface area (Å²) in [5.41, 5.74) is 1.58. The topological polar surface area (TPSA) is 109 Å². The first kappa shape index (κ1) is 26.7. The number of allylic oxidation sites excluding steroid dienone is 1. The fraction of sp³-hybridized carbons (Fsp3) is 0.269. The van der Waals surface area contributed by atoms with Crippen LogP contribution in [0.2, 0.25) is 0 Å². The van der Waals surface area contributed by atoms with Crippen LogP contribution in [-0.2, 0) is 9.53 Å². The van der Waals surface area contributed by atoms with Gasteiger partial charge in [0.1, 0.15) is 17.5 Å². The number of carbonyl (C=O) groups is 1. The molecule has 1 aliphatic rings. The third-order valence-corrected chi connectivity index (χ3v) is 7.62. The van der Waals surface area contributed by atoms with Gasteiger partial charge in [0, 0.05) is 5.56 Å². The molecule has 1 aliphatic heterocycles. The van der Waals surface area contributed by atoms with Crippen molar-refractivity contribution in [2.24, 2.45) is 4.99 Å². The van der Waals surface area contributed by atoms with Gasteiger partial charge in [0.2, 0.25) is 0 Å². The molecule has 1 aromatic heterocycles. The van der Waals surface area contributed by atoms with Gasteiger partial charge in [-0.25, -0.2) is 9.79 Å². The molecule has 2 heterocycles. The number of rotatable bonds is 7. The summed E-state index contributed by atoms with van der Waals surface area (Å²) in [6, 6.07) is 7.75. The Balaban J connectivity index is 2.01. The van der Waals surface area contributed by atoms with Gasteiger partial charge in [-0.1, -0.05) is 11.3 Å². The molecule has 37 heavy (non-hydrogen) atoms. The van der Waals surface area contributed by atoms with E-state index in [4.69, 9.17) is 18.9 Å². The van der Waals surface area contributed by atoms with E-state index < -0.39 is 12.0 Å². The molecule has 0 spiro atoms. The third kappa shape index (κ3) is 4.97. The molecule has 2 aromatic carbocycles. The molecule has 1 unspecified atom stereocenters. The molecule has 0 radical (unpaired) electrons. The van der Waals surface area contributed by atoms with Gasteiger partial charge in [-0.3, -0.25) is 9.36 Å². The van der Waals surface area contributed by atoms with Gasteiger partial charge in [0.05, 0.1) is 47.3 Å². The van der Waals surface area contributed by atoms with Crippen LogP contribution in [0.15, 0.2) is 51.4 Å². The number of hydrogen-bond donors (Lipinski definition) is 1. The Morgan fingerprint density at radius 2 is 1.89 bits per heavy atom. The largest absolute Gasteiger partial charge is 0.504 e. The third-order valence-electron chi connectivity index (χ3n) is 5.82. The maximum Gasteiger partial charge on any atom is 0.338 e. The summed E-state index contributed by atoms with van der Waals surface area (Å²) in [6.45, 7) is 3.61. The number of aromatic hydroxyl groups is 1. The van der Waals surface area contributed by atoms with Crippen LogP contribution in [-0.4, -0.2) is 43.6 Å². The van der Waals surface area contributed by atoms with E-state index in [2.05, 4.69) is 4.99 Å². The molecule has 1 atom stereocenters. The molecule has 1 N–H and O–H groups in total. The highest BCUT2D eigenvalue weighted by Gasteiger charge is 2.35. The fourth-order valence-electron chi connectivity index (χ4n) is 4.12. The summed E-state index contributed by atoms with van der Waals surface area (Å²) in [5, 5.41) is 10.2. The normalized spacial score (nSPS) is 15.2. The molecular formula is C26H25IN2O7S. The van der Waals surface area contributed by atoms with Crippen molar-refractivity contribution in [1.29, 1.82) is 0 Å². The van der Waals surface area contributed by atoms with Gasteiger partial charge in [-0.2, -0.15) is 0 Å². The summed E-state index contributed by atoms with van der Waals surface area (Å²) in [6.07, 6.45) is 1.71. The molecule has 0 saturated heterocycles. The fourth-order valence-corrected chi connectivity index (χ4v) is 5.79. The van der Waals surface area contributed by atoms with Crippen LogP contribution in [0.4, 0.5) is 0 Å². The summed E-state index contributed by atoms with van der Waals surface area (Å²) < 4.78 is 24.1. The van der Waals surface area contributed by atoms with Crippen molar-refractivity contribution in [3.63, 3.8) is 0 Å². The van der Waals surface area contributed by atoms with Crippen LogP contribution in [0, 0.1) is 3.57 Å². The van der Waals surface area contributed by atoms with Gasteiger partial charge >= 0.3 is 5.97 Å². The highest BCUT2D eigenvalue weighted by molar-refractivity contribution is 14.1. The molecular weight excluding hydrogens is 611 g/mol. The average Bonchev–Trinajstić information content (AvgIpc) is 3.18. The zero-order valence-corrected chi connectivity index (χ0v) is 23.8. The Hall–Kier alpha value is -3.32. The van der Waals surface area contributed by atoms with E-state index in [1.165, 1.54) is 37.2 Å². The molecule has 4 rings (SSSR count). The lowest BCUT2D eigenvalue weighted by Crippen LogP contribution is -2.40. The Bertz CT molecular complexity index is 1590. The molecule has 0 saturated carbocycles. The van der Waals surface area contributed by atoms with Crippen LogP contribution in [0.1, 0.15) is 31.0 Å². The number of carbonyl (C=O) groups excluding carboxylic acids is 1. The minimum atomic E-state index is -0.850. The summed E-state index contributed by atoms with van der Waals surface area (Å²) >= 11 is 3.20. The number of fused-ring (bicyclic) bond motifs is 1. The predicted molar refractivity (Wildman–Crippen MR) is 147 cm³/mol. The average molecular weight is 636 g/mol. The van der Waals surface area contributed by atoms with E-state index in [0.29, 0.717) is 47.0 Å². The number of phenolic OH excluding ortho intramolecular Hbond substituents is 1. The van der Waals surface area contributed by atoms with Gasteiger partial charge in [-0.05, 0) is 78.4 Å². The molecule has 0 bridgehead atoms. The number of ether oxygens (including phenoxy) is 4. The molecule has 3 aromatic rings. The number of thiazole rings is 1. The highest BCUT2D eigenvalue weighted by Crippen LogP contribution is 2.38. The van der Waals surface area contributed by atoms with Crippen molar-refractivity contribution in [3.05, 3.63) is 76.0 Å². The zero-order chi connectivity index (χ0) is 26.9. The summed E-state index contributed by atoms with van der Waals surface area (Å²) in [5.74, 6) is 0.786. The lowest BCUT2D eigenvalue weighted by atomic mass is 9.94. The van der Waals surface area contributed by atoms with Gasteiger partial charge < -0.3 is 24.1 Å². The standard InChI is InChI=1S/C26H25IN2O7S/c1-6-36-25(32)21-13(2)28-26-29(22(21)16-12-15(33-3)7-8-18(16)34-4)24(31)20(37-26)11-14-9-17(27)23(30)19(10-14)35-5/h7-12,22,30H,6H2,1-5H3. The SMILES string of the molecule is CCOC(=O)C1=C(C)N=c2sc(=Cc3cc(I)c(O)c(OC)c3)c(=O)n2C1c1cc(OC)ccc1OC. The highest BCUT2D eigenvalue weighted by atomic mass is 127. The second-order valence-electron chi connectivity index (χ2n) is 7.96. The molecule has 0 fully saturated rings. The number of benzene rings is 2. The number of halogens is 1. The van der Waals surface area contributed by atoms with E-state index in [0.717, 1.165) is 0 Å². The Labute approximate surface area is 230 Å². The van der Waals surface area contributed by atoms with Crippen molar-refractivity contribution in [3.8, 4) is 23.0 Å². The Morgan fingerprint density at radius 1 is 1.16 bits per heavy atom. The number of hydrogen-bond acceptors (Lipinski definition) is 9. The lowest BCUT2D eigenvalue weighted by molar-refractivity contribution is -0.139. The number of methoxy groups -OCH3 is 3. The predicted octanol–water partition coefficient (Wildman–Crippen LogP) is 3.13. The maximum atomic E-state index is 13.8. The van der Waals surface area contributed by atoms with Gasteiger partial charge in [0.25, 0.3) is 5.56 Å². The number of esters is 1. The van der Waals surface area contributed by atoms with E-state index in [9.17, 15) is 14.7 Å². The number of nitrogens with zero attached hydrogens (tertiary/aromatic N) is 2. The first-order chi connectivity index (χ1) is 17.7. The van der Waals surface area contributed by atoms with Crippen molar-refractivity contribution in [2.45, 2.75) is 19.9 Å². The van der Waals surface area contributed by atoms with Crippen LogP contribution in [0.3, 0.4) is 0 Å². The minimum Gasteiger partial charge on any atom is -0.504 e. The first-order valence-electron chi connectivity index (χ1n) is 11.2. The van der Waals surface area contributed by atoms with E-state index in [-0.39, 0.29) is 23.5 Å². The van der Waals surface area contributed by atoms with Crippen LogP contribution >= 0.6 is 33.9 Å². The molecule has 194 valence electrons. The summed E-state index contributed by atoms with van der Waals surface area (Å²) in [4.78, 5) is 32.0. The number of aromatic nitrogens is 1. The lowest BCUT2D eigenvalue weighted by Gasteiger charge is -2.26. The molecule has 11 heteroatoms. The summed E-state index contributed by atoms with van der Waals surface area (Å²) in [7, 11) is 4.52. The monoisotopic (exact) mass is 636 g/mol. The smallest absolute Gasteiger partial charge is 0.338 e.